The third-order valence-electron chi connectivity index (χ3n) is 5.89. The molecule has 9 nitrogen and oxygen atoms in total. The highest BCUT2D eigenvalue weighted by atomic mass is 32.2. The Balaban J connectivity index is 1.94. The average Bonchev–Trinajstić information content (AvgIpc) is 3.18. The number of carbonyl (C=O) groups is 1. The highest BCUT2D eigenvalue weighted by molar-refractivity contribution is 7.89. The van der Waals surface area contributed by atoms with Crippen LogP contribution in [0.3, 0.4) is 0 Å². The number of methoxy groups -OCH3 is 1. The fraction of sp³-hybridized carbons (Fsp3) is 0.632. The molecular weight excluding hydrogens is 400 g/mol. The van der Waals surface area contributed by atoms with Crippen LogP contribution in [0.4, 0.5) is 0 Å². The van der Waals surface area contributed by atoms with E-state index in [4.69, 9.17) is 14.2 Å². The van der Waals surface area contributed by atoms with Gasteiger partial charge in [-0.15, -0.1) is 0 Å². The summed E-state index contributed by atoms with van der Waals surface area (Å²) in [4.78, 5) is 14.5. The van der Waals surface area contributed by atoms with Crippen LogP contribution in [0.1, 0.15) is 41.6 Å². The number of hydrogen-bond donors (Lipinski definition) is 1. The molecule has 3 heterocycles. The maximum absolute atomic E-state index is 13.8. The number of carbonyl (C=O) groups excluding carboxylic acids is 1. The number of fused-ring (bicyclic) bond motifs is 2. The van der Waals surface area contributed by atoms with E-state index >= 15 is 0 Å². The van der Waals surface area contributed by atoms with E-state index in [1.54, 1.807) is 11.9 Å². The van der Waals surface area contributed by atoms with Crippen LogP contribution < -0.4 is 14.2 Å². The Bertz CT molecular complexity index is 929. The molecule has 1 fully saturated rings. The molecule has 0 radical (unpaired) electrons. The van der Waals surface area contributed by atoms with Crippen molar-refractivity contribution in [1.82, 2.24) is 9.21 Å². The second-order valence-electron chi connectivity index (χ2n) is 7.54. The summed E-state index contributed by atoms with van der Waals surface area (Å²) in [6.07, 6.45) is 3.11. The van der Waals surface area contributed by atoms with E-state index in [1.165, 1.54) is 11.4 Å². The van der Waals surface area contributed by atoms with Crippen molar-refractivity contribution in [3.8, 4) is 17.2 Å². The second-order valence-corrected chi connectivity index (χ2v) is 9.36. The van der Waals surface area contributed by atoms with E-state index < -0.39 is 10.0 Å². The predicted octanol–water partition coefficient (Wildman–Crippen LogP) is 0.978. The molecule has 0 saturated carbocycles. The standard InChI is InChI=1S/C19H26N2O7S/c1-20-9-6-13-14(19(20)23)15(26-2)16-17(28-11-27-16)18(13)29(24,25)21-8-4-3-5-12(21)7-10-22/h12,22H,3-11H2,1-2H3/t12-/m1/s1. The lowest BCUT2D eigenvalue weighted by Crippen LogP contribution is -2.45. The first-order chi connectivity index (χ1) is 13.9. The van der Waals surface area contributed by atoms with Gasteiger partial charge in [-0.3, -0.25) is 4.79 Å². The molecule has 1 saturated heterocycles. The first-order valence-electron chi connectivity index (χ1n) is 9.82. The van der Waals surface area contributed by atoms with Crippen LogP contribution in [0.15, 0.2) is 4.90 Å². The minimum atomic E-state index is -3.98. The molecule has 4 rings (SSSR count). The number of hydrogen-bond acceptors (Lipinski definition) is 7. The quantitative estimate of drug-likeness (QED) is 0.748. The Hall–Kier alpha value is -2.04. The lowest BCUT2D eigenvalue weighted by Gasteiger charge is -2.36. The number of rotatable bonds is 5. The molecule has 0 aromatic heterocycles. The summed E-state index contributed by atoms with van der Waals surface area (Å²) >= 11 is 0. The number of piperidine rings is 1. The van der Waals surface area contributed by atoms with Gasteiger partial charge in [-0.05, 0) is 31.2 Å². The zero-order chi connectivity index (χ0) is 20.8. The summed E-state index contributed by atoms with van der Waals surface area (Å²) in [7, 11) is -0.877. The molecule has 10 heteroatoms. The van der Waals surface area contributed by atoms with Gasteiger partial charge in [0.05, 0.1) is 12.7 Å². The van der Waals surface area contributed by atoms with Gasteiger partial charge in [-0.1, -0.05) is 6.42 Å². The van der Waals surface area contributed by atoms with Crippen molar-refractivity contribution in [2.45, 2.75) is 43.0 Å². The van der Waals surface area contributed by atoms with Crippen LogP contribution in [-0.4, -0.2) is 75.3 Å². The molecule has 0 spiro atoms. The smallest absolute Gasteiger partial charge is 0.257 e. The van der Waals surface area contributed by atoms with E-state index in [2.05, 4.69) is 0 Å². The van der Waals surface area contributed by atoms with Gasteiger partial charge in [0, 0.05) is 32.8 Å². The van der Waals surface area contributed by atoms with Crippen molar-refractivity contribution in [2.24, 2.45) is 0 Å². The zero-order valence-electron chi connectivity index (χ0n) is 16.6. The van der Waals surface area contributed by atoms with Crippen LogP contribution in [0.2, 0.25) is 0 Å². The molecule has 1 N–H and O–H groups in total. The fourth-order valence-corrected chi connectivity index (χ4v) is 6.58. The number of ether oxygens (including phenoxy) is 3. The molecule has 0 bridgehead atoms. The molecule has 160 valence electrons. The molecule has 1 aromatic carbocycles. The van der Waals surface area contributed by atoms with Crippen molar-refractivity contribution >= 4 is 15.9 Å². The summed E-state index contributed by atoms with van der Waals surface area (Å²) in [5, 5.41) is 9.42. The normalized spacial score (nSPS) is 22.0. The van der Waals surface area contributed by atoms with Gasteiger partial charge in [-0.2, -0.15) is 4.31 Å². The Labute approximate surface area is 170 Å². The Morgan fingerprint density at radius 2 is 1.97 bits per heavy atom. The van der Waals surface area contributed by atoms with Gasteiger partial charge in [0.15, 0.2) is 11.5 Å². The lowest BCUT2D eigenvalue weighted by atomic mass is 9.97. The summed E-state index contributed by atoms with van der Waals surface area (Å²) in [6, 6.07) is -0.281. The van der Waals surface area contributed by atoms with Crippen LogP contribution in [-0.2, 0) is 16.4 Å². The molecule has 0 aliphatic carbocycles. The molecule has 3 aliphatic heterocycles. The van der Waals surface area contributed by atoms with Crippen LogP contribution >= 0.6 is 0 Å². The van der Waals surface area contributed by atoms with Crippen molar-refractivity contribution in [2.75, 3.05) is 40.6 Å². The second kappa shape index (κ2) is 7.66. The maximum Gasteiger partial charge on any atom is 0.257 e. The molecule has 0 unspecified atom stereocenters. The van der Waals surface area contributed by atoms with E-state index in [0.29, 0.717) is 37.9 Å². The van der Waals surface area contributed by atoms with Gasteiger partial charge in [0.2, 0.25) is 22.6 Å². The number of aliphatic hydroxyl groups is 1. The van der Waals surface area contributed by atoms with Crippen molar-refractivity contribution < 1.29 is 32.5 Å². The first kappa shape index (κ1) is 20.2. The Morgan fingerprint density at radius 3 is 2.69 bits per heavy atom. The third-order valence-corrected chi connectivity index (χ3v) is 7.94. The number of aliphatic hydroxyl groups excluding tert-OH is 1. The topological polar surface area (TPSA) is 106 Å². The van der Waals surface area contributed by atoms with E-state index in [-0.39, 0.29) is 53.1 Å². The highest BCUT2D eigenvalue weighted by Gasteiger charge is 2.44. The predicted molar refractivity (Wildman–Crippen MR) is 103 cm³/mol. The zero-order valence-corrected chi connectivity index (χ0v) is 17.5. The molecule has 1 amide bonds. The number of nitrogens with zero attached hydrogens (tertiary/aromatic N) is 2. The molecular formula is C19H26N2O7S. The summed E-state index contributed by atoms with van der Waals surface area (Å²) in [5.74, 6) is 0.187. The van der Waals surface area contributed by atoms with Crippen LogP contribution in [0, 0.1) is 0 Å². The largest absolute Gasteiger partial charge is 0.492 e. The number of benzene rings is 1. The lowest BCUT2D eigenvalue weighted by molar-refractivity contribution is 0.0775. The molecule has 29 heavy (non-hydrogen) atoms. The fourth-order valence-electron chi connectivity index (χ4n) is 4.47. The first-order valence-corrected chi connectivity index (χ1v) is 11.3. The molecule has 1 atom stereocenters. The van der Waals surface area contributed by atoms with Gasteiger partial charge in [0.1, 0.15) is 4.90 Å². The van der Waals surface area contributed by atoms with Crippen molar-refractivity contribution in [3.63, 3.8) is 0 Å². The summed E-state index contributed by atoms with van der Waals surface area (Å²) in [6.45, 7) is 0.550. The number of amides is 1. The minimum absolute atomic E-state index is 0.00656. The average molecular weight is 426 g/mol. The molecule has 1 aromatic rings. The summed E-state index contributed by atoms with van der Waals surface area (Å²) in [5.41, 5.74) is 0.641. The van der Waals surface area contributed by atoms with Gasteiger partial charge >= 0.3 is 0 Å². The van der Waals surface area contributed by atoms with Crippen molar-refractivity contribution in [3.05, 3.63) is 11.1 Å². The summed E-state index contributed by atoms with van der Waals surface area (Å²) < 4.78 is 45.7. The van der Waals surface area contributed by atoms with E-state index in [0.717, 1.165) is 12.8 Å². The van der Waals surface area contributed by atoms with Crippen molar-refractivity contribution in [1.29, 1.82) is 0 Å². The third kappa shape index (κ3) is 3.13. The number of sulfonamides is 1. The van der Waals surface area contributed by atoms with Crippen LogP contribution in [0.25, 0.3) is 0 Å². The Morgan fingerprint density at radius 1 is 1.21 bits per heavy atom. The Kier molecular flexibility index (Phi) is 5.34. The van der Waals surface area contributed by atoms with E-state index in [9.17, 15) is 18.3 Å². The SMILES string of the molecule is COc1c2c(c(S(=O)(=O)N3CCCC[C@@H]3CCO)c3c1C(=O)N(C)CC3)OCO2. The van der Waals surface area contributed by atoms with E-state index in [1.807, 2.05) is 0 Å². The number of likely N-dealkylation sites (N-methyl/N-ethyl adjacent to an activating group) is 1. The molecule has 3 aliphatic rings. The monoisotopic (exact) mass is 426 g/mol. The van der Waals surface area contributed by atoms with Crippen LogP contribution in [0.5, 0.6) is 17.2 Å². The van der Waals surface area contributed by atoms with Gasteiger partial charge < -0.3 is 24.2 Å². The van der Waals surface area contributed by atoms with Gasteiger partial charge in [-0.25, -0.2) is 8.42 Å². The maximum atomic E-state index is 13.8. The van der Waals surface area contributed by atoms with Gasteiger partial charge in [0.25, 0.3) is 5.91 Å². The highest BCUT2D eigenvalue weighted by Crippen LogP contribution is 2.52. The minimum Gasteiger partial charge on any atom is -0.492 e.